The summed E-state index contributed by atoms with van der Waals surface area (Å²) in [5.74, 6) is 1.16. The van der Waals surface area contributed by atoms with E-state index in [1.54, 1.807) is 0 Å². The van der Waals surface area contributed by atoms with Crippen molar-refractivity contribution in [2.24, 2.45) is 0 Å². The van der Waals surface area contributed by atoms with E-state index in [2.05, 4.69) is 45.9 Å². The minimum absolute atomic E-state index is 0.532. The number of nitrogens with zero attached hydrogens (tertiary/aromatic N) is 1. The van der Waals surface area contributed by atoms with Crippen LogP contribution in [0.1, 0.15) is 63.8 Å². The number of hydrogen-bond acceptors (Lipinski definition) is 1. The Morgan fingerprint density at radius 2 is 1.64 bits per heavy atom. The quantitative estimate of drug-likeness (QED) is 0.698. The predicted octanol–water partition coefficient (Wildman–Crippen LogP) is 4.11. The van der Waals surface area contributed by atoms with Crippen LogP contribution in [0, 0.1) is 0 Å². The molecule has 0 saturated carbocycles. The third-order valence-corrected chi connectivity index (χ3v) is 2.79. The minimum Gasteiger partial charge on any atom is -0.257 e. The Morgan fingerprint density at radius 3 is 2.14 bits per heavy atom. The molecule has 0 fully saturated rings. The van der Waals surface area contributed by atoms with E-state index in [1.807, 2.05) is 0 Å². The first-order valence-electron chi connectivity index (χ1n) is 5.65. The topological polar surface area (TPSA) is 12.9 Å². The van der Waals surface area contributed by atoms with Gasteiger partial charge in [0.25, 0.3) is 0 Å². The maximum Gasteiger partial charge on any atom is 0.0437 e. The fraction of sp³-hybridized carbons (Fsp3) is 0.615. The summed E-state index contributed by atoms with van der Waals surface area (Å²) in [6, 6.07) is 6.41. The summed E-state index contributed by atoms with van der Waals surface area (Å²) in [4.78, 5) is 4.71. The van der Waals surface area contributed by atoms with E-state index in [0.717, 1.165) is 0 Å². The van der Waals surface area contributed by atoms with Crippen LogP contribution < -0.4 is 0 Å². The lowest BCUT2D eigenvalue weighted by Crippen LogP contribution is -2.02. The fourth-order valence-corrected chi connectivity index (χ4v) is 1.72. The fourth-order valence-electron chi connectivity index (χ4n) is 1.72. The van der Waals surface area contributed by atoms with Gasteiger partial charge in [-0.2, -0.15) is 0 Å². The summed E-state index contributed by atoms with van der Waals surface area (Å²) in [5, 5.41) is 0. The smallest absolute Gasteiger partial charge is 0.0437 e. The Labute approximate surface area is 87.6 Å². The van der Waals surface area contributed by atoms with E-state index in [0.29, 0.717) is 11.8 Å². The lowest BCUT2D eigenvalue weighted by atomic mass is 9.98. The molecule has 0 atom stereocenters. The van der Waals surface area contributed by atoms with Gasteiger partial charge >= 0.3 is 0 Å². The van der Waals surface area contributed by atoms with Crippen molar-refractivity contribution in [2.45, 2.75) is 52.4 Å². The molecule has 1 heteroatoms. The molecule has 0 radical (unpaired) electrons. The zero-order valence-electron chi connectivity index (χ0n) is 9.75. The number of rotatable bonds is 4. The molecule has 78 valence electrons. The largest absolute Gasteiger partial charge is 0.257 e. The van der Waals surface area contributed by atoms with Gasteiger partial charge in [0.1, 0.15) is 0 Å². The third-order valence-electron chi connectivity index (χ3n) is 2.79. The summed E-state index contributed by atoms with van der Waals surface area (Å²) in [6.45, 7) is 8.85. The Balaban J connectivity index is 2.92. The van der Waals surface area contributed by atoms with Crippen molar-refractivity contribution < 1.29 is 0 Å². The predicted molar refractivity (Wildman–Crippen MR) is 61.6 cm³/mol. The number of aromatic nitrogens is 1. The first-order valence-corrected chi connectivity index (χ1v) is 5.65. The second kappa shape index (κ2) is 5.14. The van der Waals surface area contributed by atoms with E-state index >= 15 is 0 Å². The van der Waals surface area contributed by atoms with Crippen molar-refractivity contribution in [3.63, 3.8) is 0 Å². The second-order valence-corrected chi connectivity index (χ2v) is 4.16. The van der Waals surface area contributed by atoms with Gasteiger partial charge in [0.15, 0.2) is 0 Å². The monoisotopic (exact) mass is 191 g/mol. The van der Waals surface area contributed by atoms with E-state index in [4.69, 9.17) is 4.98 Å². The van der Waals surface area contributed by atoms with Crippen LogP contribution in [0.25, 0.3) is 0 Å². The standard InChI is InChI=1S/C13H21N/c1-5-11(6-2)13-9-7-8-12(14-13)10(3)4/h7-11H,5-6H2,1-4H3. The molecular weight excluding hydrogens is 170 g/mol. The van der Waals surface area contributed by atoms with Crippen LogP contribution in [0.3, 0.4) is 0 Å². The highest BCUT2D eigenvalue weighted by atomic mass is 14.7. The molecular formula is C13H21N. The Morgan fingerprint density at radius 1 is 1.07 bits per heavy atom. The van der Waals surface area contributed by atoms with Crippen LogP contribution in [-0.2, 0) is 0 Å². The van der Waals surface area contributed by atoms with E-state index in [9.17, 15) is 0 Å². The van der Waals surface area contributed by atoms with Gasteiger partial charge in [0.05, 0.1) is 0 Å². The summed E-state index contributed by atoms with van der Waals surface area (Å²) in [6.07, 6.45) is 2.37. The molecule has 1 aromatic rings. The van der Waals surface area contributed by atoms with Gasteiger partial charge in [0, 0.05) is 17.3 Å². The maximum atomic E-state index is 4.71. The molecule has 0 saturated heterocycles. The minimum atomic E-state index is 0.532. The van der Waals surface area contributed by atoms with Gasteiger partial charge in [-0.15, -0.1) is 0 Å². The zero-order chi connectivity index (χ0) is 10.6. The summed E-state index contributed by atoms with van der Waals surface area (Å²) in [5.41, 5.74) is 2.48. The zero-order valence-corrected chi connectivity index (χ0v) is 9.75. The molecule has 0 aliphatic carbocycles. The van der Waals surface area contributed by atoms with E-state index < -0.39 is 0 Å². The Kier molecular flexibility index (Phi) is 4.12. The average Bonchev–Trinajstić information content (AvgIpc) is 2.20. The van der Waals surface area contributed by atoms with Gasteiger partial charge in [-0.3, -0.25) is 4.98 Å². The van der Waals surface area contributed by atoms with Gasteiger partial charge in [0.2, 0.25) is 0 Å². The highest BCUT2D eigenvalue weighted by Crippen LogP contribution is 2.22. The van der Waals surface area contributed by atoms with Crippen molar-refractivity contribution >= 4 is 0 Å². The van der Waals surface area contributed by atoms with Crippen LogP contribution in [0.2, 0.25) is 0 Å². The summed E-state index contributed by atoms with van der Waals surface area (Å²) >= 11 is 0. The second-order valence-electron chi connectivity index (χ2n) is 4.16. The van der Waals surface area contributed by atoms with Crippen molar-refractivity contribution in [2.75, 3.05) is 0 Å². The van der Waals surface area contributed by atoms with Crippen molar-refractivity contribution in [1.82, 2.24) is 4.98 Å². The molecule has 0 spiro atoms. The molecule has 1 nitrogen and oxygen atoms in total. The van der Waals surface area contributed by atoms with E-state index in [-0.39, 0.29) is 0 Å². The number of hydrogen-bond donors (Lipinski definition) is 0. The average molecular weight is 191 g/mol. The van der Waals surface area contributed by atoms with E-state index in [1.165, 1.54) is 24.2 Å². The molecule has 0 aromatic carbocycles. The SMILES string of the molecule is CCC(CC)c1cccc(C(C)C)n1. The normalized spacial score (nSPS) is 11.3. The van der Waals surface area contributed by atoms with Crippen molar-refractivity contribution in [3.8, 4) is 0 Å². The lowest BCUT2D eigenvalue weighted by Gasteiger charge is -2.13. The number of pyridine rings is 1. The molecule has 14 heavy (non-hydrogen) atoms. The Bertz CT molecular complexity index is 274. The molecule has 0 aliphatic rings. The summed E-state index contributed by atoms with van der Waals surface area (Å²) < 4.78 is 0. The first kappa shape index (κ1) is 11.2. The highest BCUT2D eigenvalue weighted by Gasteiger charge is 2.09. The molecule has 0 N–H and O–H groups in total. The van der Waals surface area contributed by atoms with Gasteiger partial charge in [-0.05, 0) is 30.9 Å². The van der Waals surface area contributed by atoms with Crippen molar-refractivity contribution in [1.29, 1.82) is 0 Å². The molecule has 1 aromatic heterocycles. The molecule has 0 amide bonds. The van der Waals surface area contributed by atoms with Gasteiger partial charge in [-0.1, -0.05) is 33.8 Å². The molecule has 0 bridgehead atoms. The van der Waals surface area contributed by atoms with Gasteiger partial charge in [-0.25, -0.2) is 0 Å². The van der Waals surface area contributed by atoms with Crippen LogP contribution >= 0.6 is 0 Å². The maximum absolute atomic E-state index is 4.71. The molecule has 1 heterocycles. The summed E-state index contributed by atoms with van der Waals surface area (Å²) in [7, 11) is 0. The van der Waals surface area contributed by atoms with Gasteiger partial charge < -0.3 is 0 Å². The highest BCUT2D eigenvalue weighted by molar-refractivity contribution is 5.16. The lowest BCUT2D eigenvalue weighted by molar-refractivity contribution is 0.616. The van der Waals surface area contributed by atoms with Crippen molar-refractivity contribution in [3.05, 3.63) is 29.6 Å². The van der Waals surface area contributed by atoms with Crippen LogP contribution in [0.15, 0.2) is 18.2 Å². The molecule has 1 rings (SSSR count). The third kappa shape index (κ3) is 2.57. The molecule has 0 unspecified atom stereocenters. The molecule has 0 aliphatic heterocycles. The van der Waals surface area contributed by atoms with Crippen LogP contribution in [-0.4, -0.2) is 4.98 Å². The Hall–Kier alpha value is -0.850. The first-order chi connectivity index (χ1) is 6.69. The van der Waals surface area contributed by atoms with Crippen LogP contribution in [0.5, 0.6) is 0 Å². The van der Waals surface area contributed by atoms with Crippen LogP contribution in [0.4, 0.5) is 0 Å².